The van der Waals surface area contributed by atoms with Gasteiger partial charge in [0.2, 0.25) is 11.8 Å². The van der Waals surface area contributed by atoms with Crippen molar-refractivity contribution in [2.75, 3.05) is 19.7 Å². The Kier molecular flexibility index (Phi) is 6.00. The number of hydrogen-bond donors (Lipinski definition) is 3. The Balaban J connectivity index is 1.34. The summed E-state index contributed by atoms with van der Waals surface area (Å²) in [5.74, 6) is -1.04. The molecule has 1 aromatic rings. The van der Waals surface area contributed by atoms with Crippen LogP contribution >= 0.6 is 0 Å². The van der Waals surface area contributed by atoms with Gasteiger partial charge in [0, 0.05) is 44.2 Å². The number of piperidine rings is 1. The van der Waals surface area contributed by atoms with Crippen LogP contribution < -0.4 is 16.0 Å². The molecule has 3 unspecified atom stereocenters. The Morgan fingerprint density at radius 2 is 2.03 bits per heavy atom. The maximum absolute atomic E-state index is 12.8. The molecular weight excluding hydrogens is 417 g/mol. The minimum Gasteiger partial charge on any atom is -0.366 e. The van der Waals surface area contributed by atoms with Crippen LogP contribution in [0.2, 0.25) is 0 Å². The van der Waals surface area contributed by atoms with Crippen molar-refractivity contribution < 1.29 is 32.3 Å². The van der Waals surface area contributed by atoms with Gasteiger partial charge in [-0.2, -0.15) is 13.2 Å². The number of morpholine rings is 1. The molecule has 3 heterocycles. The van der Waals surface area contributed by atoms with E-state index < -0.39 is 24.2 Å². The fourth-order valence-corrected chi connectivity index (χ4v) is 4.16. The van der Waals surface area contributed by atoms with E-state index in [-0.39, 0.29) is 44.0 Å². The molecule has 168 valence electrons. The van der Waals surface area contributed by atoms with Crippen molar-refractivity contribution in [1.82, 2.24) is 20.9 Å². The molecule has 2 fully saturated rings. The Hall–Kier alpha value is -2.50. The average molecular weight is 440 g/mol. The zero-order valence-electron chi connectivity index (χ0n) is 16.6. The predicted octanol–water partition coefficient (Wildman–Crippen LogP) is 0.457. The number of alkyl halides is 3. The first kappa shape index (κ1) is 21.7. The highest BCUT2D eigenvalue weighted by molar-refractivity contribution is 6.05. The molecule has 0 aliphatic carbocycles. The zero-order valence-corrected chi connectivity index (χ0v) is 16.6. The normalized spacial score (nSPS) is 26.7. The zero-order chi connectivity index (χ0) is 22.2. The van der Waals surface area contributed by atoms with Gasteiger partial charge < -0.3 is 20.3 Å². The van der Waals surface area contributed by atoms with Crippen LogP contribution in [0.15, 0.2) is 18.2 Å². The number of fused-ring (bicyclic) bond motifs is 1. The number of rotatable bonds is 5. The summed E-state index contributed by atoms with van der Waals surface area (Å²) in [6.45, 7) is 0.758. The van der Waals surface area contributed by atoms with E-state index in [1.165, 1.54) is 4.90 Å². The first-order valence-electron chi connectivity index (χ1n) is 10.1. The van der Waals surface area contributed by atoms with E-state index >= 15 is 0 Å². The number of halogens is 3. The number of nitrogens with zero attached hydrogens (tertiary/aromatic N) is 1. The minimum absolute atomic E-state index is 0.0498. The van der Waals surface area contributed by atoms with Gasteiger partial charge in [-0.15, -0.1) is 0 Å². The number of ether oxygens (including phenoxy) is 1. The monoisotopic (exact) mass is 440 g/mol. The van der Waals surface area contributed by atoms with Gasteiger partial charge in [-0.3, -0.25) is 19.7 Å². The van der Waals surface area contributed by atoms with E-state index in [0.29, 0.717) is 25.1 Å². The lowest BCUT2D eigenvalue weighted by Gasteiger charge is -2.31. The van der Waals surface area contributed by atoms with Gasteiger partial charge in [0.1, 0.15) is 6.04 Å². The first-order chi connectivity index (χ1) is 14.7. The van der Waals surface area contributed by atoms with E-state index in [4.69, 9.17) is 4.74 Å². The Morgan fingerprint density at radius 3 is 2.71 bits per heavy atom. The van der Waals surface area contributed by atoms with E-state index in [9.17, 15) is 27.6 Å². The molecule has 0 radical (unpaired) electrons. The third-order valence-electron chi connectivity index (χ3n) is 5.84. The summed E-state index contributed by atoms with van der Waals surface area (Å²) in [5, 5.41) is 8.32. The van der Waals surface area contributed by atoms with Gasteiger partial charge >= 0.3 is 6.18 Å². The maximum Gasteiger partial charge on any atom is 0.415 e. The fraction of sp³-hybridized carbons (Fsp3) is 0.550. The smallest absolute Gasteiger partial charge is 0.366 e. The van der Waals surface area contributed by atoms with Gasteiger partial charge in [-0.25, -0.2) is 0 Å². The molecule has 0 saturated carbocycles. The molecule has 0 bridgehead atoms. The van der Waals surface area contributed by atoms with Gasteiger partial charge in [0.05, 0.1) is 6.61 Å². The summed E-state index contributed by atoms with van der Waals surface area (Å²) in [6, 6.07) is 4.41. The van der Waals surface area contributed by atoms with Crippen LogP contribution in [-0.4, -0.2) is 66.7 Å². The standard InChI is InChI=1S/C20H23F3N4O4/c21-20(22,23)16-8-25-12(10-31-16)7-24-6-11-2-1-3-13-14(11)9-27(19(13)30)15-4-5-17(28)26-18(15)29/h1-3,12,15-16,24-25H,4-10H2,(H,26,28,29). The molecular formula is C20H23F3N4O4. The van der Waals surface area contributed by atoms with Crippen molar-refractivity contribution in [2.24, 2.45) is 0 Å². The highest BCUT2D eigenvalue weighted by Gasteiger charge is 2.43. The number of benzene rings is 1. The van der Waals surface area contributed by atoms with E-state index in [1.54, 1.807) is 12.1 Å². The van der Waals surface area contributed by atoms with Crippen LogP contribution in [0.4, 0.5) is 13.2 Å². The summed E-state index contributed by atoms with van der Waals surface area (Å²) in [7, 11) is 0. The van der Waals surface area contributed by atoms with E-state index in [1.807, 2.05) is 6.07 Å². The number of amides is 3. The molecule has 0 spiro atoms. The lowest BCUT2D eigenvalue weighted by Crippen LogP contribution is -2.54. The molecule has 31 heavy (non-hydrogen) atoms. The summed E-state index contributed by atoms with van der Waals surface area (Å²) < 4.78 is 42.9. The SMILES string of the molecule is O=C1CCC(N2Cc3c(CNCC4COC(C(F)(F)F)CN4)cccc3C2=O)C(=O)N1. The highest BCUT2D eigenvalue weighted by atomic mass is 19.4. The molecule has 3 amide bonds. The van der Waals surface area contributed by atoms with Crippen LogP contribution in [0, 0.1) is 0 Å². The number of nitrogens with one attached hydrogen (secondary N) is 3. The largest absolute Gasteiger partial charge is 0.415 e. The molecule has 3 aliphatic rings. The molecule has 4 rings (SSSR count). The van der Waals surface area contributed by atoms with Gasteiger partial charge in [0.25, 0.3) is 5.91 Å². The molecule has 1 aromatic carbocycles. The summed E-state index contributed by atoms with van der Waals surface area (Å²) in [6.07, 6.45) is -5.68. The molecule has 3 atom stereocenters. The number of imide groups is 1. The number of carbonyl (C=O) groups is 3. The lowest BCUT2D eigenvalue weighted by molar-refractivity contribution is -0.228. The van der Waals surface area contributed by atoms with E-state index in [2.05, 4.69) is 16.0 Å². The van der Waals surface area contributed by atoms with Crippen LogP contribution in [0.3, 0.4) is 0 Å². The molecule has 2 saturated heterocycles. The van der Waals surface area contributed by atoms with E-state index in [0.717, 1.165) is 11.1 Å². The van der Waals surface area contributed by atoms with Crippen molar-refractivity contribution in [3.05, 3.63) is 34.9 Å². The second-order valence-electron chi connectivity index (χ2n) is 7.94. The summed E-state index contributed by atoms with van der Waals surface area (Å²) >= 11 is 0. The molecule has 0 aromatic heterocycles. The molecule has 11 heteroatoms. The van der Waals surface area contributed by atoms with Gasteiger partial charge in [0.15, 0.2) is 6.10 Å². The summed E-state index contributed by atoms with van der Waals surface area (Å²) in [5.41, 5.74) is 2.22. The fourth-order valence-electron chi connectivity index (χ4n) is 4.16. The van der Waals surface area contributed by atoms with Crippen LogP contribution in [-0.2, 0) is 27.4 Å². The van der Waals surface area contributed by atoms with Crippen LogP contribution in [0.1, 0.15) is 34.3 Å². The van der Waals surface area contributed by atoms with Crippen LogP contribution in [0.25, 0.3) is 0 Å². The van der Waals surface area contributed by atoms with Crippen molar-refractivity contribution >= 4 is 17.7 Å². The topological polar surface area (TPSA) is 99.8 Å². The maximum atomic E-state index is 12.8. The Morgan fingerprint density at radius 1 is 1.23 bits per heavy atom. The molecule has 3 N–H and O–H groups in total. The van der Waals surface area contributed by atoms with Crippen molar-refractivity contribution in [3.63, 3.8) is 0 Å². The third-order valence-corrected chi connectivity index (χ3v) is 5.84. The summed E-state index contributed by atoms with van der Waals surface area (Å²) in [4.78, 5) is 37.9. The first-order valence-corrected chi connectivity index (χ1v) is 10.1. The number of hydrogen-bond acceptors (Lipinski definition) is 6. The van der Waals surface area contributed by atoms with Gasteiger partial charge in [-0.1, -0.05) is 12.1 Å². The Bertz CT molecular complexity index is 884. The van der Waals surface area contributed by atoms with Gasteiger partial charge in [-0.05, 0) is 23.6 Å². The number of carbonyl (C=O) groups excluding carboxylic acids is 3. The van der Waals surface area contributed by atoms with Crippen LogP contribution in [0.5, 0.6) is 0 Å². The molecule has 3 aliphatic heterocycles. The molecule has 8 nitrogen and oxygen atoms in total. The minimum atomic E-state index is -4.38. The second kappa shape index (κ2) is 8.56. The Labute approximate surface area is 176 Å². The lowest BCUT2D eigenvalue weighted by atomic mass is 10.0. The second-order valence-corrected chi connectivity index (χ2v) is 7.94. The highest BCUT2D eigenvalue weighted by Crippen LogP contribution is 2.30. The van der Waals surface area contributed by atoms with Crippen molar-refractivity contribution in [2.45, 2.75) is 50.3 Å². The quantitative estimate of drug-likeness (QED) is 0.576. The third kappa shape index (κ3) is 4.58. The van der Waals surface area contributed by atoms with Crippen molar-refractivity contribution in [3.8, 4) is 0 Å². The average Bonchev–Trinajstić information content (AvgIpc) is 3.05. The van der Waals surface area contributed by atoms with Crippen molar-refractivity contribution in [1.29, 1.82) is 0 Å². The predicted molar refractivity (Wildman–Crippen MR) is 102 cm³/mol.